The SMILES string of the molecule is COC(=O)C(N)CSCc1ccccn1. The first-order valence-electron chi connectivity index (χ1n) is 4.55. The molecule has 0 fully saturated rings. The van der Waals surface area contributed by atoms with E-state index in [-0.39, 0.29) is 5.97 Å². The van der Waals surface area contributed by atoms with Crippen molar-refractivity contribution in [1.29, 1.82) is 0 Å². The summed E-state index contributed by atoms with van der Waals surface area (Å²) in [5.41, 5.74) is 6.56. The van der Waals surface area contributed by atoms with Gasteiger partial charge in [0.05, 0.1) is 12.8 Å². The molecule has 0 aliphatic carbocycles. The van der Waals surface area contributed by atoms with E-state index in [2.05, 4.69) is 9.72 Å². The molecule has 0 bridgehead atoms. The van der Waals surface area contributed by atoms with Crippen LogP contribution in [0.2, 0.25) is 0 Å². The Hall–Kier alpha value is -1.07. The molecule has 0 saturated carbocycles. The van der Waals surface area contributed by atoms with Crippen LogP contribution in [-0.2, 0) is 15.3 Å². The smallest absolute Gasteiger partial charge is 0.323 e. The van der Waals surface area contributed by atoms with Gasteiger partial charge in [-0.1, -0.05) is 6.07 Å². The predicted molar refractivity (Wildman–Crippen MR) is 60.4 cm³/mol. The molecule has 0 aliphatic heterocycles. The molecule has 4 nitrogen and oxygen atoms in total. The van der Waals surface area contributed by atoms with Gasteiger partial charge < -0.3 is 10.5 Å². The molecule has 1 heterocycles. The summed E-state index contributed by atoms with van der Waals surface area (Å²) >= 11 is 1.57. The Kier molecular flexibility index (Phi) is 5.14. The third kappa shape index (κ3) is 4.31. The van der Waals surface area contributed by atoms with Crippen LogP contribution in [0.5, 0.6) is 0 Å². The van der Waals surface area contributed by atoms with Gasteiger partial charge >= 0.3 is 5.97 Å². The number of carbonyl (C=O) groups excluding carboxylic acids is 1. The molecule has 0 spiro atoms. The molecule has 1 rings (SSSR count). The van der Waals surface area contributed by atoms with Crippen molar-refractivity contribution in [3.8, 4) is 0 Å². The number of ether oxygens (including phenoxy) is 1. The van der Waals surface area contributed by atoms with Crippen LogP contribution >= 0.6 is 11.8 Å². The monoisotopic (exact) mass is 226 g/mol. The van der Waals surface area contributed by atoms with Gasteiger partial charge in [-0.15, -0.1) is 0 Å². The lowest BCUT2D eigenvalue weighted by atomic mass is 10.4. The van der Waals surface area contributed by atoms with E-state index in [1.807, 2.05) is 18.2 Å². The second-order valence-electron chi connectivity index (χ2n) is 2.97. The Bertz CT molecular complexity index is 306. The van der Waals surface area contributed by atoms with Gasteiger partial charge in [-0.05, 0) is 12.1 Å². The van der Waals surface area contributed by atoms with Crippen LogP contribution in [0.1, 0.15) is 5.69 Å². The summed E-state index contributed by atoms with van der Waals surface area (Å²) in [4.78, 5) is 15.1. The number of hydrogen-bond donors (Lipinski definition) is 1. The number of hydrogen-bond acceptors (Lipinski definition) is 5. The maximum Gasteiger partial charge on any atom is 0.323 e. The summed E-state index contributed by atoms with van der Waals surface area (Å²) in [6, 6.07) is 5.19. The van der Waals surface area contributed by atoms with E-state index in [1.165, 1.54) is 7.11 Å². The van der Waals surface area contributed by atoms with Crippen molar-refractivity contribution in [2.75, 3.05) is 12.9 Å². The van der Waals surface area contributed by atoms with Gasteiger partial charge in [-0.25, -0.2) is 0 Å². The predicted octanol–water partition coefficient (Wildman–Crippen LogP) is 0.815. The summed E-state index contributed by atoms with van der Waals surface area (Å²) in [7, 11) is 1.34. The number of nitrogens with two attached hydrogens (primary N) is 1. The number of esters is 1. The van der Waals surface area contributed by atoms with Crippen molar-refractivity contribution in [2.24, 2.45) is 5.73 Å². The van der Waals surface area contributed by atoms with Crippen molar-refractivity contribution in [1.82, 2.24) is 4.98 Å². The summed E-state index contributed by atoms with van der Waals surface area (Å²) in [6.07, 6.45) is 1.75. The first-order chi connectivity index (χ1) is 7.24. The normalized spacial score (nSPS) is 12.1. The summed E-state index contributed by atoms with van der Waals surface area (Å²) in [5, 5.41) is 0. The largest absolute Gasteiger partial charge is 0.468 e. The lowest BCUT2D eigenvalue weighted by molar-refractivity contribution is -0.141. The van der Waals surface area contributed by atoms with Gasteiger partial charge in [0.1, 0.15) is 6.04 Å². The van der Waals surface area contributed by atoms with Crippen molar-refractivity contribution in [2.45, 2.75) is 11.8 Å². The van der Waals surface area contributed by atoms with Crippen molar-refractivity contribution >= 4 is 17.7 Å². The van der Waals surface area contributed by atoms with Crippen LogP contribution < -0.4 is 5.73 Å². The fraction of sp³-hybridized carbons (Fsp3) is 0.400. The molecule has 1 aromatic rings. The number of thioether (sulfide) groups is 1. The topological polar surface area (TPSA) is 65.2 Å². The highest BCUT2D eigenvalue weighted by Crippen LogP contribution is 2.10. The highest BCUT2D eigenvalue weighted by Gasteiger charge is 2.12. The Morgan fingerprint density at radius 3 is 3.07 bits per heavy atom. The van der Waals surface area contributed by atoms with Gasteiger partial charge in [0.2, 0.25) is 0 Å². The minimum Gasteiger partial charge on any atom is -0.468 e. The van der Waals surface area contributed by atoms with Gasteiger partial charge in [0.25, 0.3) is 0 Å². The van der Waals surface area contributed by atoms with E-state index >= 15 is 0 Å². The molecule has 1 aromatic heterocycles. The first-order valence-corrected chi connectivity index (χ1v) is 5.70. The van der Waals surface area contributed by atoms with Crippen molar-refractivity contribution in [3.05, 3.63) is 30.1 Å². The lowest BCUT2D eigenvalue weighted by Gasteiger charge is -2.07. The number of pyridine rings is 1. The minimum atomic E-state index is -0.552. The second-order valence-corrected chi connectivity index (χ2v) is 4.00. The standard InChI is InChI=1S/C10H14N2O2S/c1-14-10(13)9(11)7-15-6-8-4-2-3-5-12-8/h2-5,9H,6-7,11H2,1H3. The zero-order chi connectivity index (χ0) is 11.1. The number of nitrogens with zero attached hydrogens (tertiary/aromatic N) is 1. The van der Waals surface area contributed by atoms with Gasteiger partial charge in [-0.2, -0.15) is 11.8 Å². The summed E-state index contributed by atoms with van der Waals surface area (Å²) in [6.45, 7) is 0. The maximum absolute atomic E-state index is 11.0. The van der Waals surface area contributed by atoms with Crippen LogP contribution in [0.15, 0.2) is 24.4 Å². The van der Waals surface area contributed by atoms with Gasteiger partial charge in [-0.3, -0.25) is 9.78 Å². The maximum atomic E-state index is 11.0. The molecule has 0 radical (unpaired) electrons. The number of methoxy groups -OCH3 is 1. The highest BCUT2D eigenvalue weighted by molar-refractivity contribution is 7.98. The van der Waals surface area contributed by atoms with E-state index in [4.69, 9.17) is 5.73 Å². The number of rotatable bonds is 5. The fourth-order valence-electron chi connectivity index (χ4n) is 0.993. The third-order valence-corrected chi connectivity index (χ3v) is 2.87. The molecule has 0 aromatic carbocycles. The quantitative estimate of drug-likeness (QED) is 0.753. The average Bonchev–Trinajstić information content (AvgIpc) is 2.29. The first kappa shape index (κ1) is 12.0. The summed E-state index contributed by atoms with van der Waals surface area (Å²) in [5.74, 6) is 0.929. The van der Waals surface area contributed by atoms with Crippen LogP contribution in [0.4, 0.5) is 0 Å². The molecule has 2 N–H and O–H groups in total. The molecule has 1 atom stereocenters. The van der Waals surface area contributed by atoms with E-state index < -0.39 is 6.04 Å². The lowest BCUT2D eigenvalue weighted by Crippen LogP contribution is -2.33. The Morgan fingerprint density at radius 2 is 2.47 bits per heavy atom. The Morgan fingerprint density at radius 1 is 1.67 bits per heavy atom. The number of aromatic nitrogens is 1. The van der Waals surface area contributed by atoms with Crippen LogP contribution in [0.25, 0.3) is 0 Å². The molecule has 0 saturated heterocycles. The van der Waals surface area contributed by atoms with E-state index in [1.54, 1.807) is 18.0 Å². The zero-order valence-electron chi connectivity index (χ0n) is 8.55. The molecular formula is C10H14N2O2S. The summed E-state index contributed by atoms with van der Waals surface area (Å²) < 4.78 is 4.52. The molecule has 0 aliphatic rings. The minimum absolute atomic E-state index is 0.372. The second kappa shape index (κ2) is 6.42. The van der Waals surface area contributed by atoms with Gasteiger partial charge in [0, 0.05) is 17.7 Å². The van der Waals surface area contributed by atoms with Crippen molar-refractivity contribution < 1.29 is 9.53 Å². The van der Waals surface area contributed by atoms with Gasteiger partial charge in [0.15, 0.2) is 0 Å². The molecule has 5 heteroatoms. The van der Waals surface area contributed by atoms with Crippen LogP contribution in [0, 0.1) is 0 Å². The highest BCUT2D eigenvalue weighted by atomic mass is 32.2. The zero-order valence-corrected chi connectivity index (χ0v) is 9.37. The Balaban J connectivity index is 2.25. The fourth-order valence-corrected chi connectivity index (χ4v) is 1.88. The number of carbonyl (C=O) groups is 1. The molecule has 1 unspecified atom stereocenters. The van der Waals surface area contributed by atoms with Crippen LogP contribution in [-0.4, -0.2) is 29.9 Å². The van der Waals surface area contributed by atoms with Crippen molar-refractivity contribution in [3.63, 3.8) is 0 Å². The Labute approximate surface area is 93.2 Å². The molecule has 82 valence electrons. The molecular weight excluding hydrogens is 212 g/mol. The average molecular weight is 226 g/mol. The van der Waals surface area contributed by atoms with E-state index in [0.29, 0.717) is 5.75 Å². The molecule has 15 heavy (non-hydrogen) atoms. The molecule has 0 amide bonds. The van der Waals surface area contributed by atoms with E-state index in [9.17, 15) is 4.79 Å². The van der Waals surface area contributed by atoms with Crippen LogP contribution in [0.3, 0.4) is 0 Å². The van der Waals surface area contributed by atoms with E-state index in [0.717, 1.165) is 11.4 Å². The third-order valence-electron chi connectivity index (χ3n) is 1.78.